The van der Waals surface area contributed by atoms with Gasteiger partial charge in [0.2, 0.25) is 0 Å². The lowest BCUT2D eigenvalue weighted by atomic mass is 10.2. The van der Waals surface area contributed by atoms with Gasteiger partial charge in [0.1, 0.15) is 6.04 Å². The Morgan fingerprint density at radius 2 is 1.96 bits per heavy atom. The normalized spacial score (nSPS) is 12.3. The first-order valence-electron chi connectivity index (χ1n) is 6.05. The van der Waals surface area contributed by atoms with Gasteiger partial charge in [-0.1, -0.05) is 12.1 Å². The summed E-state index contributed by atoms with van der Waals surface area (Å²) in [5.74, 6) is -3.28. The van der Waals surface area contributed by atoms with Crippen molar-refractivity contribution in [3.05, 3.63) is 34.4 Å². The number of hydrogen-bond acceptors (Lipinski definition) is 5. The van der Waals surface area contributed by atoms with Gasteiger partial charge in [0, 0.05) is 6.07 Å². The van der Waals surface area contributed by atoms with Gasteiger partial charge in [0.25, 0.3) is 5.91 Å². The molecule has 0 bridgehead atoms. The first kappa shape index (κ1) is 18.2. The third-order valence-electron chi connectivity index (χ3n) is 2.49. The number of nitro benzene ring substituents is 1. The monoisotopic (exact) mass is 336 g/mol. The van der Waals surface area contributed by atoms with Gasteiger partial charge < -0.3 is 15.2 Å². The highest BCUT2D eigenvalue weighted by atomic mass is 19.4. The molecule has 0 saturated carbocycles. The fourth-order valence-corrected chi connectivity index (χ4v) is 1.54. The molecule has 1 amide bonds. The molecule has 0 spiro atoms. The van der Waals surface area contributed by atoms with Crippen molar-refractivity contribution in [2.24, 2.45) is 0 Å². The smallest absolute Gasteiger partial charge is 0.391 e. The number of aliphatic carboxylic acids is 1. The van der Waals surface area contributed by atoms with Crippen LogP contribution in [0.25, 0.3) is 0 Å². The van der Waals surface area contributed by atoms with Crippen molar-refractivity contribution in [1.82, 2.24) is 5.32 Å². The summed E-state index contributed by atoms with van der Waals surface area (Å²) in [7, 11) is 0. The summed E-state index contributed by atoms with van der Waals surface area (Å²) in [6.07, 6.45) is -6.53. The van der Waals surface area contributed by atoms with Crippen LogP contribution in [0, 0.1) is 10.1 Å². The van der Waals surface area contributed by atoms with Gasteiger partial charge in [-0.2, -0.15) is 13.2 Å². The Hall–Kier alpha value is -2.85. The minimum atomic E-state index is -4.78. The molecule has 2 N–H and O–H groups in total. The van der Waals surface area contributed by atoms with Crippen LogP contribution >= 0.6 is 0 Å². The molecule has 11 heteroatoms. The number of carboxylic acid groups (broad SMARTS) is 1. The van der Waals surface area contributed by atoms with E-state index in [1.165, 1.54) is 18.2 Å². The third kappa shape index (κ3) is 6.20. The summed E-state index contributed by atoms with van der Waals surface area (Å²) in [5, 5.41) is 21.0. The summed E-state index contributed by atoms with van der Waals surface area (Å²) >= 11 is 0. The van der Waals surface area contributed by atoms with Crippen LogP contribution in [0.1, 0.15) is 6.42 Å². The minimum Gasteiger partial charge on any atom is -0.480 e. The summed E-state index contributed by atoms with van der Waals surface area (Å²) < 4.78 is 41.4. The molecule has 0 aliphatic carbocycles. The van der Waals surface area contributed by atoms with E-state index in [1.807, 2.05) is 0 Å². The Balaban J connectivity index is 2.66. The van der Waals surface area contributed by atoms with Crippen LogP contribution in [0.15, 0.2) is 24.3 Å². The van der Waals surface area contributed by atoms with Crippen molar-refractivity contribution in [3.63, 3.8) is 0 Å². The van der Waals surface area contributed by atoms with E-state index in [2.05, 4.69) is 0 Å². The zero-order valence-corrected chi connectivity index (χ0v) is 11.4. The lowest BCUT2D eigenvalue weighted by Gasteiger charge is -2.16. The highest BCUT2D eigenvalue weighted by Crippen LogP contribution is 2.25. The molecule has 1 unspecified atom stereocenters. The van der Waals surface area contributed by atoms with E-state index in [0.29, 0.717) is 0 Å². The van der Waals surface area contributed by atoms with Gasteiger partial charge in [-0.3, -0.25) is 14.9 Å². The Morgan fingerprint density at radius 3 is 2.48 bits per heavy atom. The molecule has 0 aliphatic rings. The number of amides is 1. The predicted molar refractivity (Wildman–Crippen MR) is 68.8 cm³/mol. The number of nitro groups is 1. The Bertz CT molecular complexity index is 605. The second-order valence-electron chi connectivity index (χ2n) is 4.29. The van der Waals surface area contributed by atoms with Gasteiger partial charge in [0.15, 0.2) is 12.4 Å². The van der Waals surface area contributed by atoms with Crippen molar-refractivity contribution >= 4 is 17.6 Å². The summed E-state index contributed by atoms with van der Waals surface area (Å²) in [6.45, 7) is -0.869. The number of halogens is 3. The van der Waals surface area contributed by atoms with Crippen LogP contribution < -0.4 is 10.1 Å². The van der Waals surface area contributed by atoms with Crippen LogP contribution in [0.4, 0.5) is 18.9 Å². The minimum absolute atomic E-state index is 0.268. The van der Waals surface area contributed by atoms with Crippen LogP contribution in [0.5, 0.6) is 5.75 Å². The van der Waals surface area contributed by atoms with E-state index >= 15 is 0 Å². The topological polar surface area (TPSA) is 119 Å². The molecule has 0 aromatic heterocycles. The molecule has 0 fully saturated rings. The fourth-order valence-electron chi connectivity index (χ4n) is 1.54. The number of hydrogen-bond donors (Lipinski definition) is 2. The van der Waals surface area contributed by atoms with Crippen molar-refractivity contribution < 1.29 is 37.5 Å². The van der Waals surface area contributed by atoms with Crippen LogP contribution in [0.2, 0.25) is 0 Å². The standard InChI is InChI=1S/C12H11F3N2O6/c13-12(14,15)5-7(11(19)20)16-10(18)6-23-9-4-2-1-3-8(9)17(21)22/h1-4,7H,5-6H2,(H,16,18)(H,19,20). The second-order valence-corrected chi connectivity index (χ2v) is 4.29. The molecule has 1 rings (SSSR count). The van der Waals surface area contributed by atoms with Gasteiger partial charge in [-0.25, -0.2) is 4.79 Å². The number of rotatable bonds is 7. The zero-order chi connectivity index (χ0) is 17.6. The molecule has 1 atom stereocenters. The second kappa shape index (κ2) is 7.42. The number of carboxylic acids is 1. The highest BCUT2D eigenvalue weighted by molar-refractivity contribution is 5.84. The molecule has 0 heterocycles. The SMILES string of the molecule is O=C(COc1ccccc1[N+](=O)[O-])NC(CC(F)(F)F)C(=O)O. The molecule has 0 saturated heterocycles. The molecule has 126 valence electrons. The molecular formula is C12H11F3N2O6. The predicted octanol–water partition coefficient (Wildman–Crippen LogP) is 1.50. The molecule has 1 aromatic rings. The van der Waals surface area contributed by atoms with Crippen molar-refractivity contribution in [3.8, 4) is 5.75 Å². The maximum Gasteiger partial charge on any atom is 0.391 e. The number of carbonyl (C=O) groups is 2. The molecule has 0 radical (unpaired) electrons. The molecule has 0 aliphatic heterocycles. The Labute approximate surface area is 127 Å². The van der Waals surface area contributed by atoms with Crippen molar-refractivity contribution in [1.29, 1.82) is 0 Å². The number of nitrogens with zero attached hydrogens (tertiary/aromatic N) is 1. The Morgan fingerprint density at radius 1 is 1.35 bits per heavy atom. The van der Waals surface area contributed by atoms with Crippen LogP contribution in [0.3, 0.4) is 0 Å². The number of nitrogens with one attached hydrogen (secondary N) is 1. The van der Waals surface area contributed by atoms with Crippen molar-refractivity contribution in [2.75, 3.05) is 6.61 Å². The molecule has 1 aromatic carbocycles. The number of benzene rings is 1. The number of carbonyl (C=O) groups excluding carboxylic acids is 1. The average molecular weight is 336 g/mol. The van der Waals surface area contributed by atoms with E-state index in [-0.39, 0.29) is 5.75 Å². The molecular weight excluding hydrogens is 325 g/mol. The third-order valence-corrected chi connectivity index (χ3v) is 2.49. The Kier molecular flexibility index (Phi) is 5.87. The van der Waals surface area contributed by atoms with E-state index < -0.39 is 47.7 Å². The highest BCUT2D eigenvalue weighted by Gasteiger charge is 2.36. The largest absolute Gasteiger partial charge is 0.480 e. The number of para-hydroxylation sites is 2. The fraction of sp³-hybridized carbons (Fsp3) is 0.333. The summed E-state index contributed by atoms with van der Waals surface area (Å²) in [4.78, 5) is 32.1. The lowest BCUT2D eigenvalue weighted by molar-refractivity contribution is -0.385. The van der Waals surface area contributed by atoms with E-state index in [9.17, 15) is 32.9 Å². The van der Waals surface area contributed by atoms with Gasteiger partial charge in [0.05, 0.1) is 11.3 Å². The molecule has 8 nitrogen and oxygen atoms in total. The van der Waals surface area contributed by atoms with E-state index in [4.69, 9.17) is 9.84 Å². The van der Waals surface area contributed by atoms with Crippen LogP contribution in [-0.2, 0) is 9.59 Å². The average Bonchev–Trinajstić information content (AvgIpc) is 2.43. The van der Waals surface area contributed by atoms with Crippen LogP contribution in [-0.4, -0.2) is 40.7 Å². The van der Waals surface area contributed by atoms with Crippen molar-refractivity contribution in [2.45, 2.75) is 18.6 Å². The van der Waals surface area contributed by atoms with Gasteiger partial charge >= 0.3 is 17.8 Å². The molecule has 23 heavy (non-hydrogen) atoms. The first-order chi connectivity index (χ1) is 10.6. The maximum atomic E-state index is 12.2. The summed E-state index contributed by atoms with van der Waals surface area (Å²) in [6, 6.07) is 2.88. The maximum absolute atomic E-state index is 12.2. The van der Waals surface area contributed by atoms with E-state index in [0.717, 1.165) is 6.07 Å². The van der Waals surface area contributed by atoms with Gasteiger partial charge in [-0.15, -0.1) is 0 Å². The number of ether oxygens (including phenoxy) is 1. The summed E-state index contributed by atoms with van der Waals surface area (Å²) in [5.41, 5.74) is -0.439. The lowest BCUT2D eigenvalue weighted by Crippen LogP contribution is -2.45. The van der Waals surface area contributed by atoms with E-state index in [1.54, 1.807) is 5.32 Å². The number of alkyl halides is 3. The van der Waals surface area contributed by atoms with Gasteiger partial charge in [-0.05, 0) is 6.07 Å². The zero-order valence-electron chi connectivity index (χ0n) is 11.4. The quantitative estimate of drug-likeness (QED) is 0.575. The first-order valence-corrected chi connectivity index (χ1v) is 6.05.